The predicted molar refractivity (Wildman–Crippen MR) is 121 cm³/mol. The van der Waals surface area contributed by atoms with E-state index in [0.717, 1.165) is 40.3 Å². The highest BCUT2D eigenvalue weighted by Gasteiger charge is 2.39. The second-order valence-electron chi connectivity index (χ2n) is 8.14. The van der Waals surface area contributed by atoms with Crippen LogP contribution in [-0.4, -0.2) is 51.6 Å². The molecule has 1 aromatic heterocycles. The summed E-state index contributed by atoms with van der Waals surface area (Å²) in [6.45, 7) is 1.86. The topological polar surface area (TPSA) is 104 Å². The van der Waals surface area contributed by atoms with Gasteiger partial charge in [-0.25, -0.2) is 9.67 Å². The number of hydrogen-bond donors (Lipinski definition) is 3. The smallest absolute Gasteiger partial charge is 0.184 e. The van der Waals surface area contributed by atoms with Gasteiger partial charge in [0.1, 0.15) is 18.7 Å². The Hall–Kier alpha value is -3.20. The van der Waals surface area contributed by atoms with Crippen molar-refractivity contribution in [1.29, 1.82) is 0 Å². The zero-order valence-corrected chi connectivity index (χ0v) is 18.0. The minimum absolute atomic E-state index is 0.0350. The van der Waals surface area contributed by atoms with E-state index in [9.17, 15) is 9.90 Å². The number of nitrogens with zero attached hydrogens (tertiary/aromatic N) is 4. The molecule has 5 rings (SSSR count). The van der Waals surface area contributed by atoms with E-state index in [1.165, 1.54) is 11.9 Å². The summed E-state index contributed by atoms with van der Waals surface area (Å²) in [6, 6.07) is 14.3. The molecule has 32 heavy (non-hydrogen) atoms. The highest BCUT2D eigenvalue weighted by Crippen LogP contribution is 2.39. The van der Waals surface area contributed by atoms with Gasteiger partial charge in [0.2, 0.25) is 0 Å². The summed E-state index contributed by atoms with van der Waals surface area (Å²) in [4.78, 5) is 22.0. The number of aromatic nitrogens is 3. The fourth-order valence-corrected chi connectivity index (χ4v) is 4.76. The molecular formula is C24H26N6O2. The highest BCUT2D eigenvalue weighted by molar-refractivity contribution is 6.18. The van der Waals surface area contributed by atoms with Gasteiger partial charge in [-0.1, -0.05) is 42.5 Å². The zero-order valence-electron chi connectivity index (χ0n) is 18.0. The van der Waals surface area contributed by atoms with Crippen molar-refractivity contribution in [1.82, 2.24) is 25.4 Å². The Morgan fingerprint density at radius 1 is 1.22 bits per heavy atom. The minimum Gasteiger partial charge on any atom is -0.394 e. The first-order chi connectivity index (χ1) is 15.7. The number of carbonyl (C=O) groups excluding carboxylic acids is 1. The van der Waals surface area contributed by atoms with Crippen LogP contribution in [0.3, 0.4) is 0 Å². The number of ketones is 1. The summed E-state index contributed by atoms with van der Waals surface area (Å²) in [7, 11) is 1.93. The molecule has 8 nitrogen and oxygen atoms in total. The number of carbonyl (C=O) groups is 1. The fourth-order valence-electron chi connectivity index (χ4n) is 4.76. The third-order valence-electron chi connectivity index (χ3n) is 6.20. The molecule has 2 unspecified atom stereocenters. The largest absolute Gasteiger partial charge is 0.394 e. The summed E-state index contributed by atoms with van der Waals surface area (Å²) in [5.74, 6) is 0.511. The van der Waals surface area contributed by atoms with Gasteiger partial charge >= 0.3 is 0 Å². The van der Waals surface area contributed by atoms with Crippen LogP contribution in [0.1, 0.15) is 50.4 Å². The Bertz CT molecular complexity index is 1170. The highest BCUT2D eigenvalue weighted by atomic mass is 16.3. The van der Waals surface area contributed by atoms with E-state index in [2.05, 4.69) is 45.0 Å². The molecule has 0 aliphatic carbocycles. The van der Waals surface area contributed by atoms with E-state index in [4.69, 9.17) is 4.99 Å². The molecule has 8 heteroatoms. The number of aliphatic hydroxyl groups is 1. The molecule has 0 saturated carbocycles. The summed E-state index contributed by atoms with van der Waals surface area (Å²) in [5, 5.41) is 20.8. The van der Waals surface area contributed by atoms with Crippen molar-refractivity contribution in [2.75, 3.05) is 20.2 Å². The molecule has 164 valence electrons. The molecule has 0 spiro atoms. The summed E-state index contributed by atoms with van der Waals surface area (Å²) >= 11 is 0. The van der Waals surface area contributed by atoms with Crippen molar-refractivity contribution in [3.8, 4) is 0 Å². The number of aliphatic imine (C=N–C) groups is 1. The van der Waals surface area contributed by atoms with Crippen LogP contribution < -0.4 is 10.6 Å². The van der Waals surface area contributed by atoms with Gasteiger partial charge < -0.3 is 15.7 Å². The van der Waals surface area contributed by atoms with Crippen molar-refractivity contribution in [2.45, 2.75) is 31.6 Å². The molecule has 2 aromatic carbocycles. The quantitative estimate of drug-likeness (QED) is 0.549. The van der Waals surface area contributed by atoms with Gasteiger partial charge in [0.05, 0.1) is 24.8 Å². The van der Waals surface area contributed by atoms with Crippen LogP contribution in [-0.2, 0) is 19.6 Å². The lowest BCUT2D eigenvalue weighted by atomic mass is 9.82. The second-order valence-corrected chi connectivity index (χ2v) is 8.14. The lowest BCUT2D eigenvalue weighted by Crippen LogP contribution is -2.33. The SMILES string of the molecule is CNCc1ccc(C2NCc3cccc4c3C(=NCC4=O)C2c2ncnn2CCO)cc1. The van der Waals surface area contributed by atoms with Crippen molar-refractivity contribution in [3.05, 3.63) is 82.4 Å². The van der Waals surface area contributed by atoms with Crippen LogP contribution in [0.4, 0.5) is 0 Å². The van der Waals surface area contributed by atoms with Gasteiger partial charge in [0.25, 0.3) is 0 Å². The molecule has 3 heterocycles. The van der Waals surface area contributed by atoms with Gasteiger partial charge in [-0.05, 0) is 23.7 Å². The van der Waals surface area contributed by atoms with Crippen LogP contribution in [0, 0.1) is 0 Å². The Kier molecular flexibility index (Phi) is 5.65. The van der Waals surface area contributed by atoms with Crippen molar-refractivity contribution in [3.63, 3.8) is 0 Å². The number of benzene rings is 2. The van der Waals surface area contributed by atoms with Gasteiger partial charge in [0.15, 0.2) is 5.78 Å². The third-order valence-corrected chi connectivity index (χ3v) is 6.20. The second kappa shape index (κ2) is 8.74. The Morgan fingerprint density at radius 2 is 2.06 bits per heavy atom. The van der Waals surface area contributed by atoms with Crippen LogP contribution in [0.5, 0.6) is 0 Å². The number of rotatable bonds is 6. The van der Waals surface area contributed by atoms with Crippen LogP contribution >= 0.6 is 0 Å². The monoisotopic (exact) mass is 430 g/mol. The Labute approximate surface area is 186 Å². The Balaban J connectivity index is 1.67. The lowest BCUT2D eigenvalue weighted by Gasteiger charge is -2.29. The molecule has 3 aromatic rings. The standard InChI is InChI=1S/C24H26N6O2/c1-25-11-15-5-7-16(8-6-15)22-21(24-28-14-29-30(24)9-10-31)23-20-17(12-26-22)3-2-4-18(20)19(32)13-27-23/h2-8,14,21-22,25-26,31H,9-13H2,1H3. The van der Waals surface area contributed by atoms with Crippen molar-refractivity contribution in [2.24, 2.45) is 4.99 Å². The summed E-state index contributed by atoms with van der Waals surface area (Å²) < 4.78 is 1.74. The van der Waals surface area contributed by atoms with Gasteiger partial charge in [-0.2, -0.15) is 5.10 Å². The van der Waals surface area contributed by atoms with Gasteiger partial charge in [-0.15, -0.1) is 0 Å². The average molecular weight is 431 g/mol. The van der Waals surface area contributed by atoms with Crippen molar-refractivity contribution < 1.29 is 9.90 Å². The van der Waals surface area contributed by atoms with E-state index in [-0.39, 0.29) is 30.9 Å². The first kappa shape index (κ1) is 20.7. The van der Waals surface area contributed by atoms with Gasteiger partial charge in [0, 0.05) is 30.3 Å². The number of aliphatic hydroxyl groups excluding tert-OH is 1. The first-order valence-corrected chi connectivity index (χ1v) is 10.9. The van der Waals surface area contributed by atoms with Gasteiger partial charge in [-0.3, -0.25) is 9.79 Å². The molecule has 0 bridgehead atoms. The maximum atomic E-state index is 12.6. The van der Waals surface area contributed by atoms with Crippen molar-refractivity contribution >= 4 is 11.5 Å². The molecule has 2 aliphatic rings. The molecule has 2 atom stereocenters. The first-order valence-electron chi connectivity index (χ1n) is 10.9. The van der Waals surface area contributed by atoms with E-state index in [1.54, 1.807) is 4.68 Å². The zero-order chi connectivity index (χ0) is 22.1. The molecule has 3 N–H and O–H groups in total. The Morgan fingerprint density at radius 3 is 2.84 bits per heavy atom. The normalized spacial score (nSPS) is 19.9. The predicted octanol–water partition coefficient (Wildman–Crippen LogP) is 1.60. The summed E-state index contributed by atoms with van der Waals surface area (Å²) in [6.07, 6.45) is 1.52. The van der Waals surface area contributed by atoms with Crippen LogP contribution in [0.2, 0.25) is 0 Å². The maximum Gasteiger partial charge on any atom is 0.184 e. The van der Waals surface area contributed by atoms with E-state index >= 15 is 0 Å². The molecule has 0 amide bonds. The fraction of sp³-hybridized carbons (Fsp3) is 0.333. The number of Topliss-reactive ketones (excluding diaryl/α,β-unsaturated/α-hetero) is 1. The van der Waals surface area contributed by atoms with Crippen LogP contribution in [0.15, 0.2) is 53.8 Å². The molecule has 0 saturated heterocycles. The molecule has 0 radical (unpaired) electrons. The molecular weight excluding hydrogens is 404 g/mol. The number of hydrogen-bond acceptors (Lipinski definition) is 7. The number of nitrogens with one attached hydrogen (secondary N) is 2. The third kappa shape index (κ3) is 3.56. The maximum absolute atomic E-state index is 12.6. The van der Waals surface area contributed by atoms with E-state index in [0.29, 0.717) is 13.1 Å². The van der Waals surface area contributed by atoms with Crippen LogP contribution in [0.25, 0.3) is 0 Å². The minimum atomic E-state index is -0.255. The molecule has 0 fully saturated rings. The molecule has 2 aliphatic heterocycles. The lowest BCUT2D eigenvalue weighted by molar-refractivity contribution is 0.1000. The average Bonchev–Trinajstić information content (AvgIpc) is 3.19. The van der Waals surface area contributed by atoms with E-state index in [1.807, 2.05) is 25.2 Å². The van der Waals surface area contributed by atoms with E-state index < -0.39 is 0 Å². The summed E-state index contributed by atoms with van der Waals surface area (Å²) in [5.41, 5.74) is 5.86.